The summed E-state index contributed by atoms with van der Waals surface area (Å²) in [5, 5.41) is 2.73. The minimum absolute atomic E-state index is 0.217. The summed E-state index contributed by atoms with van der Waals surface area (Å²) < 4.78 is 0. The number of benzene rings is 1. The zero-order valence-corrected chi connectivity index (χ0v) is 11.3. The van der Waals surface area contributed by atoms with Gasteiger partial charge in [0.1, 0.15) is 5.01 Å². The molecule has 0 spiro atoms. The van der Waals surface area contributed by atoms with Gasteiger partial charge in [0.05, 0.1) is 12.1 Å². The molecule has 0 saturated carbocycles. The van der Waals surface area contributed by atoms with Gasteiger partial charge in [0, 0.05) is 10.9 Å². The number of aromatic nitrogens is 1. The highest BCUT2D eigenvalue weighted by Crippen LogP contribution is 2.24. The summed E-state index contributed by atoms with van der Waals surface area (Å²) in [5.41, 5.74) is 8.45. The number of rotatable bonds is 4. The maximum absolute atomic E-state index is 10.8. The molecule has 3 nitrogen and oxygen atoms in total. The fourth-order valence-electron chi connectivity index (χ4n) is 1.71. The van der Waals surface area contributed by atoms with Crippen LogP contribution >= 0.6 is 11.3 Å². The Labute approximate surface area is 111 Å². The van der Waals surface area contributed by atoms with Crippen molar-refractivity contribution in [1.29, 1.82) is 0 Å². The minimum Gasteiger partial charge on any atom is -0.369 e. The molecule has 94 valence electrons. The zero-order valence-electron chi connectivity index (χ0n) is 10.5. The number of nitrogens with zero attached hydrogens (tertiary/aromatic N) is 1. The van der Waals surface area contributed by atoms with E-state index in [1.807, 2.05) is 5.38 Å². The van der Waals surface area contributed by atoms with Gasteiger partial charge in [-0.3, -0.25) is 4.79 Å². The second-order valence-electron chi connectivity index (χ2n) is 4.55. The Morgan fingerprint density at radius 2 is 2.00 bits per heavy atom. The van der Waals surface area contributed by atoms with Crippen LogP contribution in [0, 0.1) is 0 Å². The molecule has 0 aliphatic carbocycles. The van der Waals surface area contributed by atoms with E-state index in [4.69, 9.17) is 5.73 Å². The van der Waals surface area contributed by atoms with Crippen molar-refractivity contribution >= 4 is 17.2 Å². The number of carbonyl (C=O) groups is 1. The monoisotopic (exact) mass is 260 g/mol. The number of hydrogen-bond donors (Lipinski definition) is 1. The van der Waals surface area contributed by atoms with Gasteiger partial charge < -0.3 is 5.73 Å². The Morgan fingerprint density at radius 3 is 2.56 bits per heavy atom. The predicted octanol–water partition coefficient (Wildman–Crippen LogP) is 2.96. The molecule has 0 saturated heterocycles. The second-order valence-corrected chi connectivity index (χ2v) is 5.49. The molecule has 1 aromatic heterocycles. The van der Waals surface area contributed by atoms with Crippen LogP contribution < -0.4 is 5.73 Å². The van der Waals surface area contributed by atoms with Crippen molar-refractivity contribution in [2.75, 3.05) is 0 Å². The minimum atomic E-state index is -0.342. The maximum atomic E-state index is 10.8. The molecule has 0 atom stereocenters. The van der Waals surface area contributed by atoms with Crippen LogP contribution in [0.4, 0.5) is 0 Å². The van der Waals surface area contributed by atoms with Crippen LogP contribution in [0.2, 0.25) is 0 Å². The van der Waals surface area contributed by atoms with Crippen LogP contribution in [-0.2, 0) is 11.2 Å². The molecular weight excluding hydrogens is 244 g/mol. The summed E-state index contributed by atoms with van der Waals surface area (Å²) in [6, 6.07) is 8.37. The lowest BCUT2D eigenvalue weighted by molar-refractivity contribution is -0.117. The normalized spacial score (nSPS) is 10.8. The first kappa shape index (κ1) is 12.8. The number of amides is 1. The van der Waals surface area contributed by atoms with Gasteiger partial charge in [-0.25, -0.2) is 4.98 Å². The van der Waals surface area contributed by atoms with E-state index in [2.05, 4.69) is 43.1 Å². The zero-order chi connectivity index (χ0) is 13.1. The van der Waals surface area contributed by atoms with E-state index < -0.39 is 0 Å². The van der Waals surface area contributed by atoms with Gasteiger partial charge in [-0.2, -0.15) is 0 Å². The SMILES string of the molecule is CC(C)c1ccc(-c2csc(CC(N)=O)n2)cc1. The summed E-state index contributed by atoms with van der Waals surface area (Å²) in [4.78, 5) is 15.2. The summed E-state index contributed by atoms with van der Waals surface area (Å²) in [7, 11) is 0. The summed E-state index contributed by atoms with van der Waals surface area (Å²) in [6.07, 6.45) is 0.217. The van der Waals surface area contributed by atoms with Crippen molar-refractivity contribution in [3.8, 4) is 11.3 Å². The first-order valence-corrected chi connectivity index (χ1v) is 6.77. The molecule has 0 unspecified atom stereocenters. The van der Waals surface area contributed by atoms with E-state index in [0.717, 1.165) is 16.3 Å². The van der Waals surface area contributed by atoms with E-state index in [9.17, 15) is 4.79 Å². The molecule has 0 radical (unpaired) electrons. The molecule has 4 heteroatoms. The molecule has 0 fully saturated rings. The smallest absolute Gasteiger partial charge is 0.224 e. The molecule has 2 N–H and O–H groups in total. The van der Waals surface area contributed by atoms with Crippen LogP contribution in [-0.4, -0.2) is 10.9 Å². The van der Waals surface area contributed by atoms with Crippen LogP contribution in [0.5, 0.6) is 0 Å². The molecular formula is C14H16N2OS. The lowest BCUT2D eigenvalue weighted by Gasteiger charge is -2.05. The highest BCUT2D eigenvalue weighted by Gasteiger charge is 2.07. The van der Waals surface area contributed by atoms with E-state index in [1.54, 1.807) is 0 Å². The van der Waals surface area contributed by atoms with Crippen molar-refractivity contribution in [1.82, 2.24) is 4.98 Å². The maximum Gasteiger partial charge on any atom is 0.224 e. The molecule has 1 aromatic carbocycles. The van der Waals surface area contributed by atoms with Crippen molar-refractivity contribution in [2.45, 2.75) is 26.2 Å². The standard InChI is InChI=1S/C14H16N2OS/c1-9(2)10-3-5-11(6-4-10)12-8-18-14(16-12)7-13(15)17/h3-6,8-9H,7H2,1-2H3,(H2,15,17). The molecule has 0 bridgehead atoms. The van der Waals surface area contributed by atoms with Gasteiger partial charge in [-0.1, -0.05) is 38.1 Å². The Hall–Kier alpha value is -1.68. The van der Waals surface area contributed by atoms with E-state index in [1.165, 1.54) is 16.9 Å². The number of thiazole rings is 1. The number of nitrogens with two attached hydrogens (primary N) is 1. The first-order chi connectivity index (χ1) is 8.56. The topological polar surface area (TPSA) is 56.0 Å². The predicted molar refractivity (Wildman–Crippen MR) is 74.5 cm³/mol. The third-order valence-corrected chi connectivity index (χ3v) is 3.60. The molecule has 2 aromatic rings. The Bertz CT molecular complexity index is 543. The molecule has 2 rings (SSSR count). The van der Waals surface area contributed by atoms with Gasteiger partial charge in [0.25, 0.3) is 0 Å². The van der Waals surface area contributed by atoms with Crippen molar-refractivity contribution < 1.29 is 4.79 Å². The second kappa shape index (κ2) is 5.31. The third-order valence-electron chi connectivity index (χ3n) is 2.75. The Morgan fingerprint density at radius 1 is 1.33 bits per heavy atom. The third kappa shape index (κ3) is 2.96. The number of hydrogen-bond acceptors (Lipinski definition) is 3. The molecule has 18 heavy (non-hydrogen) atoms. The average molecular weight is 260 g/mol. The first-order valence-electron chi connectivity index (χ1n) is 5.89. The molecule has 0 aliphatic heterocycles. The van der Waals surface area contributed by atoms with Gasteiger partial charge >= 0.3 is 0 Å². The van der Waals surface area contributed by atoms with Crippen LogP contribution in [0.1, 0.15) is 30.3 Å². The fourth-order valence-corrected chi connectivity index (χ4v) is 2.53. The van der Waals surface area contributed by atoms with E-state index >= 15 is 0 Å². The van der Waals surface area contributed by atoms with Crippen molar-refractivity contribution in [2.24, 2.45) is 5.73 Å². The molecule has 0 aliphatic rings. The molecule has 1 amide bonds. The highest BCUT2D eigenvalue weighted by atomic mass is 32.1. The number of carbonyl (C=O) groups excluding carboxylic acids is 1. The molecule has 1 heterocycles. The van der Waals surface area contributed by atoms with E-state index in [-0.39, 0.29) is 12.3 Å². The van der Waals surface area contributed by atoms with Gasteiger partial charge in [0.15, 0.2) is 0 Å². The van der Waals surface area contributed by atoms with Crippen molar-refractivity contribution in [3.63, 3.8) is 0 Å². The van der Waals surface area contributed by atoms with Crippen LogP contribution in [0.15, 0.2) is 29.6 Å². The lowest BCUT2D eigenvalue weighted by atomic mass is 10.0. The largest absolute Gasteiger partial charge is 0.369 e. The van der Waals surface area contributed by atoms with Crippen molar-refractivity contribution in [3.05, 3.63) is 40.2 Å². The summed E-state index contributed by atoms with van der Waals surface area (Å²) in [6.45, 7) is 4.34. The summed E-state index contributed by atoms with van der Waals surface area (Å²) in [5.74, 6) is 0.186. The van der Waals surface area contributed by atoms with Crippen LogP contribution in [0.3, 0.4) is 0 Å². The Balaban J connectivity index is 2.20. The van der Waals surface area contributed by atoms with Gasteiger partial charge in [0.2, 0.25) is 5.91 Å². The van der Waals surface area contributed by atoms with Crippen LogP contribution in [0.25, 0.3) is 11.3 Å². The average Bonchev–Trinajstić information content (AvgIpc) is 2.76. The summed E-state index contributed by atoms with van der Waals surface area (Å²) >= 11 is 1.47. The number of primary amides is 1. The highest BCUT2D eigenvalue weighted by molar-refractivity contribution is 7.10. The lowest BCUT2D eigenvalue weighted by Crippen LogP contribution is -2.13. The quantitative estimate of drug-likeness (QED) is 0.918. The van der Waals surface area contributed by atoms with Gasteiger partial charge in [-0.15, -0.1) is 11.3 Å². The van der Waals surface area contributed by atoms with Gasteiger partial charge in [-0.05, 0) is 11.5 Å². The Kier molecular flexibility index (Phi) is 3.77. The van der Waals surface area contributed by atoms with E-state index in [0.29, 0.717) is 5.92 Å². The fraction of sp³-hybridized carbons (Fsp3) is 0.286.